The van der Waals surface area contributed by atoms with Crippen LogP contribution in [0.15, 0.2) is 30.3 Å². The van der Waals surface area contributed by atoms with Crippen LogP contribution in [0.5, 0.6) is 0 Å². The third kappa shape index (κ3) is 3.92. The second-order valence-electron chi connectivity index (χ2n) is 6.91. The van der Waals surface area contributed by atoms with Gasteiger partial charge in [0, 0.05) is 6.04 Å². The first-order chi connectivity index (χ1) is 11.2. The average molecular weight is 311 g/mol. The molecule has 1 amide bonds. The molecule has 0 aromatic heterocycles. The SMILES string of the molecule is N#CC1(NC(=O)CN2CCCC2Cc2ccccc2)CCCC1. The van der Waals surface area contributed by atoms with Gasteiger partial charge in [0.05, 0.1) is 12.6 Å². The van der Waals surface area contributed by atoms with Crippen LogP contribution < -0.4 is 5.32 Å². The molecular weight excluding hydrogens is 286 g/mol. The van der Waals surface area contributed by atoms with Gasteiger partial charge in [-0.3, -0.25) is 9.69 Å². The average Bonchev–Trinajstić information content (AvgIpc) is 3.19. The van der Waals surface area contributed by atoms with Crippen molar-refractivity contribution in [2.24, 2.45) is 0 Å². The van der Waals surface area contributed by atoms with Gasteiger partial charge in [-0.15, -0.1) is 0 Å². The van der Waals surface area contributed by atoms with Crippen LogP contribution in [0.2, 0.25) is 0 Å². The maximum absolute atomic E-state index is 12.4. The van der Waals surface area contributed by atoms with E-state index >= 15 is 0 Å². The summed E-state index contributed by atoms with van der Waals surface area (Å²) in [6, 6.07) is 13.2. The number of amides is 1. The molecule has 4 heteroatoms. The Hall–Kier alpha value is -1.86. The monoisotopic (exact) mass is 311 g/mol. The summed E-state index contributed by atoms with van der Waals surface area (Å²) < 4.78 is 0. The highest BCUT2D eigenvalue weighted by Crippen LogP contribution is 2.29. The number of nitriles is 1. The quantitative estimate of drug-likeness (QED) is 0.909. The van der Waals surface area contributed by atoms with Crippen molar-refractivity contribution in [2.45, 2.75) is 56.5 Å². The fourth-order valence-electron chi connectivity index (χ4n) is 3.95. The number of hydrogen-bond donors (Lipinski definition) is 1. The number of nitrogens with zero attached hydrogens (tertiary/aromatic N) is 2. The molecule has 3 rings (SSSR count). The highest BCUT2D eigenvalue weighted by molar-refractivity contribution is 5.79. The Morgan fingerprint density at radius 2 is 2.00 bits per heavy atom. The number of rotatable bonds is 5. The van der Waals surface area contributed by atoms with Crippen molar-refractivity contribution in [1.82, 2.24) is 10.2 Å². The summed E-state index contributed by atoms with van der Waals surface area (Å²) in [5.41, 5.74) is 0.722. The molecule has 1 aromatic rings. The lowest BCUT2D eigenvalue weighted by Crippen LogP contribution is -2.49. The predicted molar refractivity (Wildman–Crippen MR) is 89.7 cm³/mol. The van der Waals surface area contributed by atoms with Crippen molar-refractivity contribution >= 4 is 5.91 Å². The highest BCUT2D eigenvalue weighted by atomic mass is 16.2. The summed E-state index contributed by atoms with van der Waals surface area (Å²) in [6.07, 6.45) is 6.95. The lowest BCUT2D eigenvalue weighted by Gasteiger charge is -2.27. The first-order valence-electron chi connectivity index (χ1n) is 8.71. The van der Waals surface area contributed by atoms with Gasteiger partial charge in [0.25, 0.3) is 0 Å². The zero-order valence-electron chi connectivity index (χ0n) is 13.6. The third-order valence-electron chi connectivity index (χ3n) is 5.21. The minimum absolute atomic E-state index is 0.00779. The van der Waals surface area contributed by atoms with E-state index in [0.717, 1.165) is 51.5 Å². The molecule has 1 N–H and O–H groups in total. The Morgan fingerprint density at radius 3 is 2.70 bits per heavy atom. The molecule has 2 fully saturated rings. The van der Waals surface area contributed by atoms with Crippen LogP contribution in [0.1, 0.15) is 44.1 Å². The summed E-state index contributed by atoms with van der Waals surface area (Å²) >= 11 is 0. The summed E-state index contributed by atoms with van der Waals surface area (Å²) in [5, 5.41) is 12.4. The second kappa shape index (κ2) is 7.14. The predicted octanol–water partition coefficient (Wildman–Crippen LogP) is 2.65. The van der Waals surface area contributed by atoms with Crippen LogP contribution >= 0.6 is 0 Å². The molecule has 122 valence electrons. The number of carbonyl (C=O) groups excluding carboxylic acids is 1. The van der Waals surface area contributed by atoms with Crippen molar-refractivity contribution in [3.8, 4) is 6.07 Å². The van der Waals surface area contributed by atoms with Crippen LogP contribution in [0.25, 0.3) is 0 Å². The maximum Gasteiger partial charge on any atom is 0.235 e. The molecule has 1 heterocycles. The van der Waals surface area contributed by atoms with Gasteiger partial charge in [0.15, 0.2) is 0 Å². The van der Waals surface area contributed by atoms with Gasteiger partial charge in [0.1, 0.15) is 5.54 Å². The highest BCUT2D eigenvalue weighted by Gasteiger charge is 2.36. The Morgan fingerprint density at radius 1 is 1.26 bits per heavy atom. The van der Waals surface area contributed by atoms with E-state index in [0.29, 0.717) is 12.6 Å². The van der Waals surface area contributed by atoms with E-state index in [2.05, 4.69) is 40.6 Å². The van der Waals surface area contributed by atoms with Gasteiger partial charge in [-0.1, -0.05) is 30.3 Å². The van der Waals surface area contributed by atoms with Gasteiger partial charge < -0.3 is 5.32 Å². The van der Waals surface area contributed by atoms with E-state index < -0.39 is 5.54 Å². The molecule has 1 atom stereocenters. The molecule has 2 aliphatic rings. The van der Waals surface area contributed by atoms with E-state index in [1.54, 1.807) is 0 Å². The third-order valence-corrected chi connectivity index (χ3v) is 5.21. The molecule has 1 aromatic carbocycles. The zero-order chi connectivity index (χ0) is 16.1. The molecule has 1 saturated carbocycles. The van der Waals surface area contributed by atoms with Gasteiger partial charge in [-0.25, -0.2) is 0 Å². The fourth-order valence-corrected chi connectivity index (χ4v) is 3.95. The van der Waals surface area contributed by atoms with Crippen molar-refractivity contribution in [2.75, 3.05) is 13.1 Å². The van der Waals surface area contributed by atoms with E-state index in [4.69, 9.17) is 0 Å². The molecule has 23 heavy (non-hydrogen) atoms. The maximum atomic E-state index is 12.4. The van der Waals surface area contributed by atoms with Crippen molar-refractivity contribution < 1.29 is 4.79 Å². The normalized spacial score (nSPS) is 23.5. The standard InChI is InChI=1S/C19H25N3O/c20-15-19(10-4-5-11-19)21-18(23)14-22-12-6-9-17(22)13-16-7-2-1-3-8-16/h1-3,7-8,17H,4-6,9-14H2,(H,21,23). The first-order valence-corrected chi connectivity index (χ1v) is 8.71. The van der Waals surface area contributed by atoms with Crippen LogP contribution in [-0.4, -0.2) is 35.5 Å². The molecular formula is C19H25N3O. The lowest BCUT2D eigenvalue weighted by molar-refractivity contribution is -0.123. The van der Waals surface area contributed by atoms with Gasteiger partial charge in [-0.2, -0.15) is 5.26 Å². The van der Waals surface area contributed by atoms with Gasteiger partial charge >= 0.3 is 0 Å². The Bertz CT molecular complexity index is 572. The lowest BCUT2D eigenvalue weighted by atomic mass is 10.00. The summed E-state index contributed by atoms with van der Waals surface area (Å²) in [5.74, 6) is 0.00779. The number of carbonyl (C=O) groups is 1. The molecule has 1 unspecified atom stereocenters. The fraction of sp³-hybridized carbons (Fsp3) is 0.579. The van der Waals surface area contributed by atoms with Crippen LogP contribution in [0.3, 0.4) is 0 Å². The Balaban J connectivity index is 1.56. The largest absolute Gasteiger partial charge is 0.337 e. The van der Waals surface area contributed by atoms with E-state index in [1.165, 1.54) is 5.56 Å². The summed E-state index contributed by atoms with van der Waals surface area (Å²) in [4.78, 5) is 14.7. The molecule has 1 aliphatic heterocycles. The first kappa shape index (κ1) is 16.0. The van der Waals surface area contributed by atoms with Gasteiger partial charge in [0.2, 0.25) is 5.91 Å². The number of nitrogens with one attached hydrogen (secondary N) is 1. The van der Waals surface area contributed by atoms with Crippen molar-refractivity contribution in [3.05, 3.63) is 35.9 Å². The topological polar surface area (TPSA) is 56.1 Å². The van der Waals surface area contributed by atoms with E-state index in [1.807, 2.05) is 6.07 Å². The van der Waals surface area contributed by atoms with Crippen molar-refractivity contribution in [1.29, 1.82) is 5.26 Å². The smallest absolute Gasteiger partial charge is 0.235 e. The van der Waals surface area contributed by atoms with E-state index in [9.17, 15) is 10.1 Å². The Kier molecular flexibility index (Phi) is 4.97. The summed E-state index contributed by atoms with van der Waals surface area (Å²) in [7, 11) is 0. The number of hydrogen-bond acceptors (Lipinski definition) is 3. The Labute approximate surface area is 138 Å². The van der Waals surface area contributed by atoms with Crippen LogP contribution in [0, 0.1) is 11.3 Å². The minimum Gasteiger partial charge on any atom is -0.337 e. The minimum atomic E-state index is -0.605. The van der Waals surface area contributed by atoms with Crippen molar-refractivity contribution in [3.63, 3.8) is 0 Å². The number of benzene rings is 1. The molecule has 0 radical (unpaired) electrons. The second-order valence-corrected chi connectivity index (χ2v) is 6.91. The zero-order valence-corrected chi connectivity index (χ0v) is 13.6. The molecule has 4 nitrogen and oxygen atoms in total. The molecule has 1 saturated heterocycles. The van der Waals surface area contributed by atoms with Gasteiger partial charge in [-0.05, 0) is 57.1 Å². The summed E-state index contributed by atoms with van der Waals surface area (Å²) in [6.45, 7) is 1.39. The molecule has 1 aliphatic carbocycles. The van der Waals surface area contributed by atoms with Crippen LogP contribution in [0.4, 0.5) is 0 Å². The number of likely N-dealkylation sites (tertiary alicyclic amines) is 1. The van der Waals surface area contributed by atoms with E-state index in [-0.39, 0.29) is 5.91 Å². The van der Waals surface area contributed by atoms with Crippen LogP contribution in [-0.2, 0) is 11.2 Å². The molecule has 0 bridgehead atoms. The molecule has 0 spiro atoms.